The number of phenols is 1. The summed E-state index contributed by atoms with van der Waals surface area (Å²) in [6, 6.07) is 17.2. The van der Waals surface area contributed by atoms with E-state index in [1.165, 1.54) is 5.56 Å². The average Bonchev–Trinajstić information content (AvgIpc) is 2.82. The molecule has 0 bridgehead atoms. The van der Waals surface area contributed by atoms with E-state index in [4.69, 9.17) is 4.42 Å². The Morgan fingerprint density at radius 2 is 1.94 bits per heavy atom. The van der Waals surface area contributed by atoms with Crippen LogP contribution < -0.4 is 5.43 Å². The molecule has 0 amide bonds. The Hall–Kier alpha value is -3.44. The number of nitrogens with zero attached hydrogens (tertiary/aromatic N) is 2. The molecule has 0 radical (unpaired) electrons. The van der Waals surface area contributed by atoms with Crippen LogP contribution in [0.2, 0.25) is 0 Å². The summed E-state index contributed by atoms with van der Waals surface area (Å²) in [5.74, 6) is 0.714. The second-order valence-electron chi connectivity index (χ2n) is 8.44. The van der Waals surface area contributed by atoms with Crippen LogP contribution in [0.15, 0.2) is 76.2 Å². The fourth-order valence-corrected chi connectivity index (χ4v) is 4.84. The molecule has 1 fully saturated rings. The van der Waals surface area contributed by atoms with Crippen molar-refractivity contribution in [2.45, 2.75) is 38.8 Å². The predicted octanol–water partition coefficient (Wildman–Crippen LogP) is 5.60. The number of likely N-dealkylation sites (tertiary alicyclic amines) is 1. The molecule has 3 heterocycles. The number of hydrogen-bond donors (Lipinski definition) is 1. The SMILES string of the molecule is Cc1oc2c(CN3CCCC[C@H]3c3cccnc3)c(O)ccc2c(=O)c1-c1ccccc1. The molecule has 5 heteroatoms. The third-order valence-electron chi connectivity index (χ3n) is 6.42. The first kappa shape index (κ1) is 20.5. The van der Waals surface area contributed by atoms with Gasteiger partial charge in [0.15, 0.2) is 0 Å². The molecule has 0 saturated carbocycles. The molecule has 1 aliphatic rings. The number of rotatable bonds is 4. The summed E-state index contributed by atoms with van der Waals surface area (Å²) < 4.78 is 6.22. The molecule has 1 N–H and O–H groups in total. The summed E-state index contributed by atoms with van der Waals surface area (Å²) in [7, 11) is 0. The maximum Gasteiger partial charge on any atom is 0.200 e. The molecule has 5 nitrogen and oxygen atoms in total. The van der Waals surface area contributed by atoms with Crippen LogP contribution in [0.4, 0.5) is 0 Å². The highest BCUT2D eigenvalue weighted by molar-refractivity contribution is 5.86. The van der Waals surface area contributed by atoms with E-state index in [-0.39, 0.29) is 17.2 Å². The summed E-state index contributed by atoms with van der Waals surface area (Å²) in [4.78, 5) is 20.1. The van der Waals surface area contributed by atoms with Crippen LogP contribution in [-0.4, -0.2) is 21.5 Å². The van der Waals surface area contributed by atoms with Gasteiger partial charge in [0, 0.05) is 25.0 Å². The lowest BCUT2D eigenvalue weighted by Crippen LogP contribution is -2.33. The highest BCUT2D eigenvalue weighted by atomic mass is 16.3. The Bertz CT molecular complexity index is 1300. The molecule has 162 valence electrons. The van der Waals surface area contributed by atoms with Gasteiger partial charge >= 0.3 is 0 Å². The summed E-state index contributed by atoms with van der Waals surface area (Å²) in [6.45, 7) is 3.24. The number of fused-ring (bicyclic) bond motifs is 1. The van der Waals surface area contributed by atoms with E-state index >= 15 is 0 Å². The minimum atomic E-state index is -0.0707. The minimum absolute atomic E-state index is 0.0707. The summed E-state index contributed by atoms with van der Waals surface area (Å²) in [6.07, 6.45) is 7.01. The molecule has 32 heavy (non-hydrogen) atoms. The van der Waals surface area contributed by atoms with E-state index in [2.05, 4.69) is 16.0 Å². The van der Waals surface area contributed by atoms with Crippen molar-refractivity contribution < 1.29 is 9.52 Å². The maximum absolute atomic E-state index is 13.4. The van der Waals surface area contributed by atoms with Crippen molar-refractivity contribution in [3.05, 3.63) is 94.1 Å². The minimum Gasteiger partial charge on any atom is -0.507 e. The predicted molar refractivity (Wildman–Crippen MR) is 126 cm³/mol. The first-order valence-corrected chi connectivity index (χ1v) is 11.1. The van der Waals surface area contributed by atoms with E-state index in [1.807, 2.05) is 49.5 Å². The van der Waals surface area contributed by atoms with Crippen LogP contribution in [0.25, 0.3) is 22.1 Å². The van der Waals surface area contributed by atoms with Crippen LogP contribution in [0.3, 0.4) is 0 Å². The van der Waals surface area contributed by atoms with Crippen molar-refractivity contribution in [1.29, 1.82) is 0 Å². The summed E-state index contributed by atoms with van der Waals surface area (Å²) >= 11 is 0. The number of phenolic OH excluding ortho intramolecular Hbond substituents is 1. The van der Waals surface area contributed by atoms with Crippen LogP contribution in [0.5, 0.6) is 5.75 Å². The first-order chi connectivity index (χ1) is 15.6. The smallest absolute Gasteiger partial charge is 0.200 e. The molecular weight excluding hydrogens is 400 g/mol. The highest BCUT2D eigenvalue weighted by Gasteiger charge is 2.27. The van der Waals surface area contributed by atoms with E-state index in [0.29, 0.717) is 34.4 Å². The van der Waals surface area contributed by atoms with Gasteiger partial charge in [0.05, 0.1) is 16.5 Å². The molecule has 2 aromatic carbocycles. The molecule has 1 aliphatic heterocycles. The van der Waals surface area contributed by atoms with E-state index in [0.717, 1.165) is 31.4 Å². The van der Waals surface area contributed by atoms with Crippen LogP contribution in [0, 0.1) is 6.92 Å². The first-order valence-electron chi connectivity index (χ1n) is 11.1. The van der Waals surface area contributed by atoms with Gasteiger partial charge < -0.3 is 9.52 Å². The van der Waals surface area contributed by atoms with E-state index < -0.39 is 0 Å². The van der Waals surface area contributed by atoms with Gasteiger partial charge in [0.1, 0.15) is 17.1 Å². The monoisotopic (exact) mass is 426 g/mol. The van der Waals surface area contributed by atoms with Gasteiger partial charge in [-0.05, 0) is 55.6 Å². The average molecular weight is 427 g/mol. The zero-order valence-electron chi connectivity index (χ0n) is 18.1. The zero-order chi connectivity index (χ0) is 22.1. The molecular formula is C27H26N2O3. The zero-order valence-corrected chi connectivity index (χ0v) is 18.1. The maximum atomic E-state index is 13.4. The van der Waals surface area contributed by atoms with Gasteiger partial charge in [0.2, 0.25) is 5.43 Å². The lowest BCUT2D eigenvalue weighted by molar-refractivity contribution is 0.139. The fraction of sp³-hybridized carbons (Fsp3) is 0.259. The van der Waals surface area contributed by atoms with Gasteiger partial charge in [-0.3, -0.25) is 14.7 Å². The molecule has 1 atom stereocenters. The number of piperidine rings is 1. The number of hydrogen-bond acceptors (Lipinski definition) is 5. The van der Waals surface area contributed by atoms with E-state index in [1.54, 1.807) is 18.3 Å². The third kappa shape index (κ3) is 3.69. The van der Waals surface area contributed by atoms with Gasteiger partial charge in [0.25, 0.3) is 0 Å². The largest absolute Gasteiger partial charge is 0.507 e. The van der Waals surface area contributed by atoms with Gasteiger partial charge in [-0.15, -0.1) is 0 Å². The van der Waals surface area contributed by atoms with Crippen molar-refractivity contribution >= 4 is 11.0 Å². The van der Waals surface area contributed by atoms with Gasteiger partial charge in [-0.1, -0.05) is 42.8 Å². The molecule has 0 spiro atoms. The Morgan fingerprint density at radius 1 is 1.09 bits per heavy atom. The molecule has 1 saturated heterocycles. The van der Waals surface area contributed by atoms with Crippen LogP contribution >= 0.6 is 0 Å². The van der Waals surface area contributed by atoms with Crippen molar-refractivity contribution in [1.82, 2.24) is 9.88 Å². The number of aromatic nitrogens is 1. The fourth-order valence-electron chi connectivity index (χ4n) is 4.84. The Morgan fingerprint density at radius 3 is 2.72 bits per heavy atom. The number of aromatic hydroxyl groups is 1. The second kappa shape index (κ2) is 8.60. The normalized spacial score (nSPS) is 17.0. The Balaban J connectivity index is 1.60. The van der Waals surface area contributed by atoms with Crippen LogP contribution in [-0.2, 0) is 6.54 Å². The lowest BCUT2D eigenvalue weighted by atomic mass is 9.95. The molecule has 5 rings (SSSR count). The quantitative estimate of drug-likeness (QED) is 0.460. The van der Waals surface area contributed by atoms with Crippen molar-refractivity contribution in [3.63, 3.8) is 0 Å². The Kier molecular flexibility index (Phi) is 5.50. The number of aryl methyl sites for hydroxylation is 1. The van der Waals surface area contributed by atoms with Crippen molar-refractivity contribution in [2.24, 2.45) is 0 Å². The summed E-state index contributed by atoms with van der Waals surface area (Å²) in [5, 5.41) is 11.3. The van der Waals surface area contributed by atoms with Gasteiger partial charge in [-0.2, -0.15) is 0 Å². The third-order valence-corrected chi connectivity index (χ3v) is 6.42. The van der Waals surface area contributed by atoms with Crippen molar-refractivity contribution in [3.8, 4) is 16.9 Å². The van der Waals surface area contributed by atoms with Crippen LogP contribution in [0.1, 0.15) is 42.2 Å². The molecule has 0 unspecified atom stereocenters. The van der Waals surface area contributed by atoms with Crippen molar-refractivity contribution in [2.75, 3.05) is 6.54 Å². The summed E-state index contributed by atoms with van der Waals surface area (Å²) in [5.41, 5.74) is 3.65. The lowest BCUT2D eigenvalue weighted by Gasteiger charge is -2.36. The Labute approximate surface area is 187 Å². The topological polar surface area (TPSA) is 66.6 Å². The van der Waals surface area contributed by atoms with Gasteiger partial charge in [-0.25, -0.2) is 0 Å². The van der Waals surface area contributed by atoms with E-state index in [9.17, 15) is 9.90 Å². The molecule has 4 aromatic rings. The molecule has 2 aromatic heterocycles. The second-order valence-corrected chi connectivity index (χ2v) is 8.44. The number of benzene rings is 2. The highest BCUT2D eigenvalue weighted by Crippen LogP contribution is 2.36. The molecule has 0 aliphatic carbocycles. The number of pyridine rings is 1. The standard InChI is InChI=1S/C27H26N2O3/c1-18-25(19-8-3-2-4-9-19)26(31)21-12-13-24(30)22(27(21)32-18)17-29-15-6-5-11-23(29)20-10-7-14-28-16-20/h2-4,7-10,12-14,16,23,30H,5-6,11,15,17H2,1H3/t23-/m0/s1.